The fourth-order valence-electron chi connectivity index (χ4n) is 4.93. The Morgan fingerprint density at radius 3 is 2.71 bits per heavy atom. The van der Waals surface area contributed by atoms with Crippen molar-refractivity contribution in [2.24, 2.45) is 0 Å². The van der Waals surface area contributed by atoms with Gasteiger partial charge in [-0.05, 0) is 61.6 Å². The van der Waals surface area contributed by atoms with Crippen molar-refractivity contribution < 1.29 is 13.9 Å². The van der Waals surface area contributed by atoms with E-state index in [1.54, 1.807) is 13.4 Å². The van der Waals surface area contributed by atoms with Gasteiger partial charge in [0, 0.05) is 11.1 Å². The third kappa shape index (κ3) is 3.74. The highest BCUT2D eigenvalue weighted by Gasteiger charge is 2.25. The first kappa shape index (κ1) is 21.7. The summed E-state index contributed by atoms with van der Waals surface area (Å²) in [6.45, 7) is 0. The summed E-state index contributed by atoms with van der Waals surface area (Å²) in [6, 6.07) is 19.5. The standard InChI is InChI=1S/C27H24N4O3S/c1-33-23-14-7-6-13-22(23)31-26(24-15-8-16-34-24)28-29-27(31)35-17-25(32)30-20-11-4-2-9-18(20)19-10-3-5-12-21(19)30/h2,4,6-9,11,13-16H,3,5,10,12,17H2,1H3. The topological polar surface area (TPSA) is 75.1 Å². The van der Waals surface area contributed by atoms with Crippen LogP contribution in [0.5, 0.6) is 5.75 Å². The smallest absolute Gasteiger partial charge is 0.241 e. The number of methoxy groups -OCH3 is 1. The molecule has 5 aromatic rings. The fraction of sp³-hybridized carbons (Fsp3) is 0.222. The normalized spacial score (nSPS) is 13.2. The number of hydrogen-bond donors (Lipinski definition) is 0. The molecule has 0 radical (unpaired) electrons. The lowest BCUT2D eigenvalue weighted by Gasteiger charge is -2.15. The van der Waals surface area contributed by atoms with Crippen LogP contribution in [-0.2, 0) is 12.8 Å². The van der Waals surface area contributed by atoms with E-state index in [4.69, 9.17) is 9.15 Å². The van der Waals surface area contributed by atoms with Crippen molar-refractivity contribution in [1.29, 1.82) is 0 Å². The SMILES string of the molecule is COc1ccccc1-n1c(SCC(=O)n2c3c(c4ccccc42)CCCC3)nnc1-c1ccco1. The van der Waals surface area contributed by atoms with Gasteiger partial charge >= 0.3 is 0 Å². The molecule has 0 unspecified atom stereocenters. The van der Waals surface area contributed by atoms with Gasteiger partial charge in [0.2, 0.25) is 11.7 Å². The average molecular weight is 485 g/mol. The molecule has 176 valence electrons. The third-order valence-electron chi connectivity index (χ3n) is 6.45. The maximum absolute atomic E-state index is 13.6. The predicted molar refractivity (Wildman–Crippen MR) is 136 cm³/mol. The monoisotopic (exact) mass is 484 g/mol. The van der Waals surface area contributed by atoms with Crippen LogP contribution in [0.4, 0.5) is 0 Å². The number of fused-ring (bicyclic) bond motifs is 3. The highest BCUT2D eigenvalue weighted by Crippen LogP contribution is 2.35. The minimum atomic E-state index is 0.0449. The quantitative estimate of drug-likeness (QED) is 0.284. The number of carbonyl (C=O) groups is 1. The predicted octanol–water partition coefficient (Wildman–Crippen LogP) is 5.80. The lowest BCUT2D eigenvalue weighted by atomic mass is 9.96. The second-order valence-corrected chi connectivity index (χ2v) is 9.40. The molecular formula is C27H24N4O3S. The molecule has 0 spiro atoms. The van der Waals surface area contributed by atoms with Crippen molar-refractivity contribution in [2.45, 2.75) is 30.8 Å². The number of thioether (sulfide) groups is 1. The highest BCUT2D eigenvalue weighted by atomic mass is 32.2. The van der Waals surface area contributed by atoms with Crippen LogP contribution in [0, 0.1) is 0 Å². The maximum atomic E-state index is 13.6. The fourth-order valence-corrected chi connectivity index (χ4v) is 5.73. The second kappa shape index (κ2) is 9.11. The average Bonchev–Trinajstić information content (AvgIpc) is 3.64. The summed E-state index contributed by atoms with van der Waals surface area (Å²) in [5.41, 5.74) is 4.26. The molecule has 0 bridgehead atoms. The minimum Gasteiger partial charge on any atom is -0.495 e. The van der Waals surface area contributed by atoms with E-state index in [0.717, 1.165) is 36.2 Å². The van der Waals surface area contributed by atoms with Crippen LogP contribution >= 0.6 is 11.8 Å². The Kier molecular flexibility index (Phi) is 5.66. The molecule has 0 atom stereocenters. The van der Waals surface area contributed by atoms with Gasteiger partial charge in [-0.1, -0.05) is 42.1 Å². The Balaban J connectivity index is 1.38. The van der Waals surface area contributed by atoms with Gasteiger partial charge in [-0.3, -0.25) is 13.9 Å². The highest BCUT2D eigenvalue weighted by molar-refractivity contribution is 7.99. The van der Waals surface area contributed by atoms with Gasteiger partial charge in [0.25, 0.3) is 0 Å². The van der Waals surface area contributed by atoms with E-state index < -0.39 is 0 Å². The molecule has 0 fully saturated rings. The van der Waals surface area contributed by atoms with Crippen LogP contribution in [0.3, 0.4) is 0 Å². The number of benzene rings is 2. The summed E-state index contributed by atoms with van der Waals surface area (Å²) >= 11 is 1.37. The van der Waals surface area contributed by atoms with Gasteiger partial charge < -0.3 is 9.15 Å². The van der Waals surface area contributed by atoms with Crippen molar-refractivity contribution in [1.82, 2.24) is 19.3 Å². The van der Waals surface area contributed by atoms with Gasteiger partial charge in [-0.15, -0.1) is 10.2 Å². The number of para-hydroxylation sites is 3. The van der Waals surface area contributed by atoms with Crippen LogP contribution in [0.2, 0.25) is 0 Å². The van der Waals surface area contributed by atoms with Crippen molar-refractivity contribution in [3.05, 3.63) is 78.2 Å². The summed E-state index contributed by atoms with van der Waals surface area (Å²) in [6.07, 6.45) is 5.84. The molecule has 3 heterocycles. The molecule has 8 heteroatoms. The lowest BCUT2D eigenvalue weighted by molar-refractivity contribution is 0.0943. The largest absolute Gasteiger partial charge is 0.495 e. The minimum absolute atomic E-state index is 0.0449. The Morgan fingerprint density at radius 2 is 1.86 bits per heavy atom. The van der Waals surface area contributed by atoms with Crippen molar-refractivity contribution in [2.75, 3.05) is 12.9 Å². The Morgan fingerprint density at radius 1 is 1.03 bits per heavy atom. The van der Waals surface area contributed by atoms with Gasteiger partial charge in [0.15, 0.2) is 10.9 Å². The number of rotatable bonds is 6. The molecule has 0 N–H and O–H groups in total. The first-order valence-electron chi connectivity index (χ1n) is 11.7. The zero-order valence-electron chi connectivity index (χ0n) is 19.3. The zero-order valence-corrected chi connectivity index (χ0v) is 20.1. The number of aromatic nitrogens is 4. The Hall–Kier alpha value is -3.78. The van der Waals surface area contributed by atoms with E-state index in [2.05, 4.69) is 16.3 Å². The molecule has 2 aromatic carbocycles. The summed E-state index contributed by atoms with van der Waals surface area (Å²) < 4.78 is 15.0. The van der Waals surface area contributed by atoms with Crippen LogP contribution in [-0.4, -0.2) is 38.1 Å². The molecule has 3 aromatic heterocycles. The van der Waals surface area contributed by atoms with Crippen molar-refractivity contribution >= 4 is 28.6 Å². The van der Waals surface area contributed by atoms with Crippen LogP contribution in [0.25, 0.3) is 28.2 Å². The van der Waals surface area contributed by atoms with Crippen molar-refractivity contribution in [3.8, 4) is 23.0 Å². The molecule has 7 nitrogen and oxygen atoms in total. The number of nitrogens with zero attached hydrogens (tertiary/aromatic N) is 4. The zero-order chi connectivity index (χ0) is 23.8. The Bertz CT molecular complexity index is 1520. The summed E-state index contributed by atoms with van der Waals surface area (Å²) in [7, 11) is 1.63. The number of carbonyl (C=O) groups excluding carboxylic acids is 1. The number of hydrogen-bond acceptors (Lipinski definition) is 6. The van der Waals surface area contributed by atoms with Crippen LogP contribution in [0.15, 0.2) is 76.5 Å². The molecule has 6 rings (SSSR count). The lowest BCUT2D eigenvalue weighted by Crippen LogP contribution is -2.18. The van der Waals surface area contributed by atoms with Gasteiger partial charge in [-0.25, -0.2) is 0 Å². The summed E-state index contributed by atoms with van der Waals surface area (Å²) in [5.74, 6) is 2.10. The number of aryl methyl sites for hydroxylation is 1. The van der Waals surface area contributed by atoms with Crippen LogP contribution < -0.4 is 4.74 Å². The van der Waals surface area contributed by atoms with E-state index in [0.29, 0.717) is 22.5 Å². The molecular weight excluding hydrogens is 460 g/mol. The van der Waals surface area contributed by atoms with Gasteiger partial charge in [0.1, 0.15) is 5.75 Å². The van der Waals surface area contributed by atoms with E-state index >= 15 is 0 Å². The molecule has 35 heavy (non-hydrogen) atoms. The molecule has 0 saturated carbocycles. The van der Waals surface area contributed by atoms with Gasteiger partial charge in [-0.2, -0.15) is 0 Å². The molecule has 1 aliphatic rings. The summed E-state index contributed by atoms with van der Waals surface area (Å²) in [4.78, 5) is 13.6. The van der Waals surface area contributed by atoms with E-state index in [-0.39, 0.29) is 11.7 Å². The molecule has 0 aliphatic heterocycles. The molecule has 0 saturated heterocycles. The van der Waals surface area contributed by atoms with Gasteiger partial charge in [0.05, 0.1) is 30.3 Å². The number of furan rings is 1. The molecule has 1 aliphatic carbocycles. The first-order valence-corrected chi connectivity index (χ1v) is 12.6. The van der Waals surface area contributed by atoms with E-state index in [1.165, 1.54) is 29.1 Å². The van der Waals surface area contributed by atoms with Crippen molar-refractivity contribution in [3.63, 3.8) is 0 Å². The first-order chi connectivity index (χ1) is 17.3. The number of ether oxygens (including phenoxy) is 1. The third-order valence-corrected chi connectivity index (χ3v) is 7.37. The Labute approximate surface area is 206 Å². The molecule has 0 amide bonds. The summed E-state index contributed by atoms with van der Waals surface area (Å²) in [5, 5.41) is 10.6. The van der Waals surface area contributed by atoms with Crippen LogP contribution in [0.1, 0.15) is 28.9 Å². The van der Waals surface area contributed by atoms with E-state index in [9.17, 15) is 4.79 Å². The van der Waals surface area contributed by atoms with E-state index in [1.807, 2.05) is 63.7 Å². The second-order valence-electron chi connectivity index (χ2n) is 8.46. The maximum Gasteiger partial charge on any atom is 0.241 e.